The highest BCUT2D eigenvalue weighted by molar-refractivity contribution is 6.33. The van der Waals surface area contributed by atoms with E-state index in [-0.39, 0.29) is 138 Å². The first-order valence-electron chi connectivity index (χ1n) is 44.4. The van der Waals surface area contributed by atoms with Crippen molar-refractivity contribution < 1.29 is 56.9 Å². The summed E-state index contributed by atoms with van der Waals surface area (Å²) in [6.45, 7) is 30.4. The van der Waals surface area contributed by atoms with E-state index in [2.05, 4.69) is 75.1 Å². The van der Waals surface area contributed by atoms with Crippen LogP contribution in [0.2, 0.25) is 20.1 Å². The van der Waals surface area contributed by atoms with Crippen LogP contribution in [0, 0.1) is 99.4 Å². The van der Waals surface area contributed by atoms with Gasteiger partial charge >= 0.3 is 0 Å². The molecule has 752 valence electrons. The molecule has 0 atom stereocenters. The molecule has 16 aromatic rings. The first-order valence-corrected chi connectivity index (χ1v) is 45.9. The number of halogens is 8. The molecule has 16 aromatic heterocycles. The summed E-state index contributed by atoms with van der Waals surface area (Å²) in [6, 6.07) is 24.4. The molecule has 0 radical (unpaired) electrons. The Morgan fingerprint density at radius 2 is 0.690 bits per heavy atom. The highest BCUT2D eigenvalue weighted by Gasteiger charge is 2.30. The number of nitrogens with zero attached hydrogens (tertiary/aromatic N) is 22. The number of hydrogen-bond donors (Lipinski definition) is 4. The van der Waals surface area contributed by atoms with Crippen LogP contribution in [0.3, 0.4) is 0 Å². The van der Waals surface area contributed by atoms with E-state index in [1.165, 1.54) is 170 Å². The Labute approximate surface area is 845 Å². The van der Waals surface area contributed by atoms with Gasteiger partial charge in [0.15, 0.2) is 23.3 Å². The summed E-state index contributed by atoms with van der Waals surface area (Å²) in [5, 5.41) is 53.1. The molecular formula is C101H98Cl4F4N22O14. The third kappa shape index (κ3) is 24.5. The van der Waals surface area contributed by atoms with Crippen LogP contribution in [0.15, 0.2) is 188 Å². The second-order valence-electron chi connectivity index (χ2n) is 35.9. The van der Waals surface area contributed by atoms with E-state index in [4.69, 9.17) is 65.4 Å². The van der Waals surface area contributed by atoms with Gasteiger partial charge in [0.2, 0.25) is 0 Å². The molecule has 16 heterocycles. The minimum absolute atomic E-state index is 0.0433. The quantitative estimate of drug-likeness (QED) is 0.0408. The minimum atomic E-state index is -1.32. The van der Waals surface area contributed by atoms with E-state index < -0.39 is 73.5 Å². The zero-order chi connectivity index (χ0) is 106. The first kappa shape index (κ1) is 107. The maximum Gasteiger partial charge on any atom is 0.280 e. The van der Waals surface area contributed by atoms with Crippen LogP contribution in [0.4, 0.5) is 17.6 Å². The topological polar surface area (TPSA) is 448 Å². The van der Waals surface area contributed by atoms with Gasteiger partial charge in [-0.3, -0.25) is 80.8 Å². The molecule has 0 spiro atoms. The number of rotatable bonds is 24. The predicted molar refractivity (Wildman–Crippen MR) is 532 cm³/mol. The van der Waals surface area contributed by atoms with E-state index in [0.29, 0.717) is 102 Å². The molecule has 145 heavy (non-hydrogen) atoms. The van der Waals surface area contributed by atoms with Crippen molar-refractivity contribution in [1.29, 1.82) is 0 Å². The van der Waals surface area contributed by atoms with E-state index >= 15 is 0 Å². The molecule has 0 saturated carbocycles. The number of aromatic nitrogens is 22. The fraction of sp³-hybridized carbons (Fsp3) is 0.277. The lowest BCUT2D eigenvalue weighted by Crippen LogP contribution is -2.32. The Balaban J connectivity index is 0.000000162. The summed E-state index contributed by atoms with van der Waals surface area (Å²) in [6.07, 6.45) is 15.0. The van der Waals surface area contributed by atoms with Crippen molar-refractivity contribution >= 4 is 46.4 Å². The smallest absolute Gasteiger partial charge is 0.280 e. The van der Waals surface area contributed by atoms with Gasteiger partial charge in [-0.05, 0) is 226 Å². The Hall–Kier alpha value is -15.2. The molecular weight excluding hydrogens is 1960 g/mol. The molecule has 0 saturated heterocycles. The molecule has 4 N–H and O–H groups in total. The number of ether oxygens (including phenoxy) is 4. The van der Waals surface area contributed by atoms with Gasteiger partial charge in [-0.15, -0.1) is 5.10 Å². The normalized spacial score (nSPS) is 11.6. The van der Waals surface area contributed by atoms with Gasteiger partial charge in [-0.1, -0.05) is 46.4 Å². The number of pyridine rings is 10. The summed E-state index contributed by atoms with van der Waals surface area (Å²) in [4.78, 5) is 129. The summed E-state index contributed by atoms with van der Waals surface area (Å²) >= 11 is 25.5. The van der Waals surface area contributed by atoms with E-state index in [1.807, 2.05) is 0 Å². The number of aryl methyl sites for hydroxylation is 12. The second kappa shape index (κ2) is 43.6. The van der Waals surface area contributed by atoms with Crippen LogP contribution < -0.4 is 52.3 Å². The standard InChI is InChI=1S/2C26H25ClFN5O4.C25H24ClFN6O3.C24H24ClFN6O3/c1-14-10-17(28)18(30-12-14)13-37-19-11-16(3)33(23(34)21(19)27)22-15(2)7-9-32(24(22)35)20-6-8-29-25(31-20)26(4,5)36;1-14-8-17(28)18(30-11-14)13-37-20-10-16(3)33(24(35)23(20)27)19-12-32(22(34)9-15(19)2)21-6-7-29-25(31-21)26(4,5)36;1-13-8-16(27)19(29-11-13)12-36-21-9-14(2)33(23(34)22(21)26)20-10-18(32-31-15(20)3)17-6-7-28-24(30-17)25(4,5)35;1-13-8-15(26)18(28-11-13)12-35-19-9-14(2)32(22(33)21(19)25)20-10-17(30-31(20)5)16-6-7-27-23(29-16)24(3,4)34/h2*6-12,36H,13H2,1-5H3;6-11,35H,12H2,1-5H3;6-11,34H,12H2,1-5H3. The maximum absolute atomic E-state index is 14.2. The van der Waals surface area contributed by atoms with E-state index in [9.17, 15) is 66.8 Å². The monoisotopic (exact) mass is 2060 g/mol. The van der Waals surface area contributed by atoms with Gasteiger partial charge < -0.3 is 39.4 Å². The van der Waals surface area contributed by atoms with Crippen molar-refractivity contribution in [1.82, 2.24) is 107 Å². The van der Waals surface area contributed by atoms with Gasteiger partial charge in [0.25, 0.3) is 33.4 Å². The van der Waals surface area contributed by atoms with Crippen molar-refractivity contribution in [3.8, 4) is 80.3 Å². The van der Waals surface area contributed by atoms with Gasteiger partial charge in [0, 0.05) is 128 Å². The Kier molecular flexibility index (Phi) is 32.2. The van der Waals surface area contributed by atoms with Gasteiger partial charge in [0.05, 0.1) is 28.5 Å². The second-order valence-corrected chi connectivity index (χ2v) is 37.4. The average molecular weight is 2060 g/mol. The number of aliphatic hydroxyl groups is 4. The zero-order valence-corrected chi connectivity index (χ0v) is 85.1. The minimum Gasteiger partial charge on any atom is -0.485 e. The average Bonchev–Trinajstić information content (AvgIpc) is 1.77. The third-order valence-electron chi connectivity index (χ3n) is 21.9. The highest BCUT2D eigenvalue weighted by Crippen LogP contribution is 2.34. The molecule has 0 aromatic carbocycles. The predicted octanol–water partition coefficient (Wildman–Crippen LogP) is 15.0. The molecule has 0 aliphatic carbocycles. The van der Waals surface area contributed by atoms with Crippen LogP contribution in [0.1, 0.15) is 163 Å². The molecule has 16 rings (SSSR count). The summed E-state index contributed by atoms with van der Waals surface area (Å²) in [7, 11) is 1.69. The lowest BCUT2D eigenvalue weighted by atomic mass is 10.1. The van der Waals surface area contributed by atoms with Gasteiger partial charge in [-0.25, -0.2) is 57.4 Å². The molecule has 44 heteroatoms. The molecule has 0 aliphatic rings. The van der Waals surface area contributed by atoms with Crippen LogP contribution in [-0.4, -0.2) is 128 Å². The summed E-state index contributed by atoms with van der Waals surface area (Å²) < 4.78 is 88.5. The Morgan fingerprint density at radius 1 is 0.352 bits per heavy atom. The van der Waals surface area contributed by atoms with Crippen molar-refractivity contribution in [2.24, 2.45) is 7.05 Å². The molecule has 36 nitrogen and oxygen atoms in total. The third-order valence-corrected chi connectivity index (χ3v) is 23.3. The summed E-state index contributed by atoms with van der Waals surface area (Å²) in [5.74, 6) is -0.0327. The zero-order valence-electron chi connectivity index (χ0n) is 82.1. The van der Waals surface area contributed by atoms with E-state index in [0.717, 1.165) is 0 Å². The van der Waals surface area contributed by atoms with Crippen LogP contribution in [0.5, 0.6) is 23.0 Å². The number of hydrogen-bond acceptors (Lipinski definition) is 29. The molecule has 0 bridgehead atoms. The van der Waals surface area contributed by atoms with Crippen LogP contribution in [-0.2, 0) is 55.9 Å². The lowest BCUT2D eigenvalue weighted by molar-refractivity contribution is 0.0682. The molecule has 0 amide bonds. The van der Waals surface area contributed by atoms with Crippen LogP contribution >= 0.6 is 46.4 Å². The molecule has 0 aliphatic heterocycles. The van der Waals surface area contributed by atoms with Gasteiger partial charge in [0.1, 0.15) is 172 Å². The summed E-state index contributed by atoms with van der Waals surface area (Å²) in [5.41, 5.74) is 0.891. The largest absolute Gasteiger partial charge is 0.485 e. The van der Waals surface area contributed by atoms with Crippen molar-refractivity contribution in [3.05, 3.63) is 372 Å². The van der Waals surface area contributed by atoms with Crippen molar-refractivity contribution in [3.63, 3.8) is 0 Å². The highest BCUT2D eigenvalue weighted by atomic mass is 35.5. The molecule has 0 unspecified atom stereocenters. The van der Waals surface area contributed by atoms with E-state index in [1.54, 1.807) is 159 Å². The maximum atomic E-state index is 14.2. The Bertz CT molecular complexity index is 8060. The van der Waals surface area contributed by atoms with Crippen molar-refractivity contribution in [2.75, 3.05) is 0 Å². The fourth-order valence-corrected chi connectivity index (χ4v) is 15.2. The van der Waals surface area contributed by atoms with Crippen molar-refractivity contribution in [2.45, 2.75) is 180 Å². The Morgan fingerprint density at radius 3 is 1.08 bits per heavy atom. The molecule has 0 fully saturated rings. The van der Waals surface area contributed by atoms with Crippen LogP contribution in [0.25, 0.3) is 57.3 Å². The lowest BCUT2D eigenvalue weighted by Gasteiger charge is -2.18. The van der Waals surface area contributed by atoms with Gasteiger partial charge in [-0.2, -0.15) is 10.2 Å². The fourth-order valence-electron chi connectivity index (χ4n) is 14.4. The SMILES string of the molecule is Cc1cnc(COc2cc(C)n(-c3c(C)ccn(-c4ccnc(C(C)(C)O)n4)c3=O)c(=O)c2Cl)c(F)c1.Cc1cnc(COc2cc(C)n(-c3cc(-c4ccnc(C(C)(C)O)n4)nn3C)c(=O)c2Cl)c(F)c1.Cc1cnc(COc2cc(C)n(-c3cc(-c4ccnc(C(C)(C)O)n4)nnc3C)c(=O)c2Cl)c(F)c1.Cc1cnc(COc2cc(C)n(-c3cn(-c4ccnc(C(C)(C)O)n4)c(=O)cc3C)c(=O)c2Cl)c(F)c1. The first-order chi connectivity index (χ1) is 68.1.